The van der Waals surface area contributed by atoms with Gasteiger partial charge in [-0.05, 0) is 36.6 Å². The van der Waals surface area contributed by atoms with Crippen LogP contribution in [-0.2, 0) is 10.0 Å². The number of hydrogen-bond donors (Lipinski definition) is 1. The summed E-state index contributed by atoms with van der Waals surface area (Å²) in [4.78, 5) is 0.294. The number of hydrogen-bond acceptors (Lipinski definition) is 3. The summed E-state index contributed by atoms with van der Waals surface area (Å²) in [5, 5.41) is 0. The molecule has 0 radical (unpaired) electrons. The van der Waals surface area contributed by atoms with Crippen molar-refractivity contribution in [3.8, 4) is 11.8 Å². The summed E-state index contributed by atoms with van der Waals surface area (Å²) in [5.74, 6) is 6.08. The van der Waals surface area contributed by atoms with E-state index in [0.29, 0.717) is 17.4 Å². The van der Waals surface area contributed by atoms with Crippen molar-refractivity contribution in [2.45, 2.75) is 25.2 Å². The van der Waals surface area contributed by atoms with Crippen molar-refractivity contribution in [2.75, 3.05) is 20.1 Å². The molecule has 0 heterocycles. The highest BCUT2D eigenvalue weighted by Crippen LogP contribution is 2.16. The Balaban J connectivity index is 2.87. The van der Waals surface area contributed by atoms with Gasteiger partial charge in [0.1, 0.15) is 0 Å². The predicted octanol–water partition coefficient (Wildman–Crippen LogP) is 1.66. The molecule has 1 rings (SSSR count). The molecule has 0 bridgehead atoms. The second-order valence-corrected chi connectivity index (χ2v) is 7.08. The minimum Gasteiger partial charge on any atom is -0.320 e. The fourth-order valence-corrected chi connectivity index (χ4v) is 2.79. The molecule has 0 saturated heterocycles. The van der Waals surface area contributed by atoms with Gasteiger partial charge in [0.15, 0.2) is 0 Å². The normalized spacial score (nSPS) is 11.5. The van der Waals surface area contributed by atoms with Gasteiger partial charge in [-0.2, -0.15) is 0 Å². The lowest BCUT2D eigenvalue weighted by atomic mass is 10.1. The lowest BCUT2D eigenvalue weighted by Crippen LogP contribution is -2.28. The minimum absolute atomic E-state index is 0.290. The number of benzene rings is 1. The van der Waals surface area contributed by atoms with Crippen LogP contribution in [0.4, 0.5) is 0 Å². The zero-order chi connectivity index (χ0) is 15.2. The molecule has 0 saturated carbocycles. The van der Waals surface area contributed by atoms with E-state index in [2.05, 4.69) is 25.7 Å². The molecule has 1 aromatic carbocycles. The van der Waals surface area contributed by atoms with E-state index in [-0.39, 0.29) is 6.54 Å². The van der Waals surface area contributed by atoms with Crippen molar-refractivity contribution in [1.82, 2.24) is 4.31 Å². The third kappa shape index (κ3) is 4.64. The Morgan fingerprint density at radius 2 is 1.85 bits per heavy atom. The average molecular weight is 294 g/mol. The maximum absolute atomic E-state index is 12.3. The van der Waals surface area contributed by atoms with E-state index in [1.807, 2.05) is 0 Å². The van der Waals surface area contributed by atoms with Crippen molar-refractivity contribution >= 4 is 10.0 Å². The van der Waals surface area contributed by atoms with Gasteiger partial charge < -0.3 is 5.73 Å². The van der Waals surface area contributed by atoms with Crippen LogP contribution in [0.15, 0.2) is 29.2 Å². The smallest absolute Gasteiger partial charge is 0.242 e. The second-order valence-electron chi connectivity index (χ2n) is 5.04. The molecule has 0 amide bonds. The molecule has 1 aromatic rings. The molecule has 0 aliphatic carbocycles. The van der Waals surface area contributed by atoms with Crippen LogP contribution >= 0.6 is 0 Å². The molecule has 5 heteroatoms. The van der Waals surface area contributed by atoms with Gasteiger partial charge in [-0.25, -0.2) is 12.7 Å². The molecular formula is C15H22N2O2S. The number of rotatable bonds is 5. The third-order valence-corrected chi connectivity index (χ3v) is 4.79. The van der Waals surface area contributed by atoms with Crippen molar-refractivity contribution in [2.24, 2.45) is 11.7 Å². The summed E-state index contributed by atoms with van der Waals surface area (Å²) in [6, 6.07) is 6.57. The summed E-state index contributed by atoms with van der Waals surface area (Å²) in [6.07, 6.45) is 0.843. The second kappa shape index (κ2) is 7.44. The summed E-state index contributed by atoms with van der Waals surface area (Å²) in [7, 11) is -1.80. The van der Waals surface area contributed by atoms with Gasteiger partial charge in [0.25, 0.3) is 0 Å². The van der Waals surface area contributed by atoms with E-state index < -0.39 is 10.0 Å². The van der Waals surface area contributed by atoms with Gasteiger partial charge in [-0.1, -0.05) is 25.7 Å². The molecule has 0 spiro atoms. The first-order chi connectivity index (χ1) is 9.37. The first kappa shape index (κ1) is 16.7. The van der Waals surface area contributed by atoms with E-state index in [9.17, 15) is 8.42 Å². The van der Waals surface area contributed by atoms with E-state index in [1.165, 1.54) is 4.31 Å². The van der Waals surface area contributed by atoms with Gasteiger partial charge >= 0.3 is 0 Å². The first-order valence-electron chi connectivity index (χ1n) is 6.63. The lowest BCUT2D eigenvalue weighted by molar-refractivity contribution is 0.428. The molecular weight excluding hydrogens is 272 g/mol. The summed E-state index contributed by atoms with van der Waals surface area (Å²) < 4.78 is 26.1. The topological polar surface area (TPSA) is 63.4 Å². The average Bonchev–Trinajstić information content (AvgIpc) is 2.42. The molecule has 4 nitrogen and oxygen atoms in total. The largest absolute Gasteiger partial charge is 0.320 e. The zero-order valence-corrected chi connectivity index (χ0v) is 13.1. The molecule has 0 aliphatic heterocycles. The highest BCUT2D eigenvalue weighted by molar-refractivity contribution is 7.89. The third-order valence-electron chi connectivity index (χ3n) is 2.92. The molecule has 0 atom stereocenters. The minimum atomic E-state index is -3.41. The quantitative estimate of drug-likeness (QED) is 0.840. The Bertz CT molecular complexity index is 581. The van der Waals surface area contributed by atoms with Crippen molar-refractivity contribution in [1.29, 1.82) is 0 Å². The maximum Gasteiger partial charge on any atom is 0.242 e. The van der Waals surface area contributed by atoms with Crippen LogP contribution in [0.5, 0.6) is 0 Å². The van der Waals surface area contributed by atoms with Crippen molar-refractivity contribution < 1.29 is 8.42 Å². The Labute approximate surface area is 122 Å². The van der Waals surface area contributed by atoms with Gasteiger partial charge in [0.05, 0.1) is 11.4 Å². The number of nitrogens with two attached hydrogens (primary N) is 1. The lowest BCUT2D eigenvalue weighted by Gasteiger charge is -2.18. The van der Waals surface area contributed by atoms with Crippen LogP contribution in [0.2, 0.25) is 0 Å². The van der Waals surface area contributed by atoms with Gasteiger partial charge in [-0.15, -0.1) is 0 Å². The molecule has 0 unspecified atom stereocenters. The van der Waals surface area contributed by atoms with Crippen LogP contribution in [0.1, 0.15) is 25.8 Å². The van der Waals surface area contributed by atoms with Crippen LogP contribution < -0.4 is 5.73 Å². The standard InChI is InChI=1S/C15H22N2O2S/c1-13(2)10-12-17(3)20(18,19)15-8-6-14(7-9-15)5-4-11-16/h6-9,13H,10-12,16H2,1-3H3. The molecule has 2 N–H and O–H groups in total. The zero-order valence-electron chi connectivity index (χ0n) is 12.3. The molecule has 0 aromatic heterocycles. The molecule has 0 fully saturated rings. The predicted molar refractivity (Wildman–Crippen MR) is 81.6 cm³/mol. The van der Waals surface area contributed by atoms with E-state index >= 15 is 0 Å². The summed E-state index contributed by atoms with van der Waals surface area (Å²) in [6.45, 7) is 4.96. The van der Waals surface area contributed by atoms with Gasteiger partial charge in [0, 0.05) is 19.2 Å². The van der Waals surface area contributed by atoms with E-state index in [1.54, 1.807) is 31.3 Å². The SMILES string of the molecule is CC(C)CCN(C)S(=O)(=O)c1ccc(C#CCN)cc1. The molecule has 110 valence electrons. The maximum atomic E-state index is 12.3. The van der Waals surface area contributed by atoms with Crippen LogP contribution in [0, 0.1) is 17.8 Å². The highest BCUT2D eigenvalue weighted by atomic mass is 32.2. The van der Waals surface area contributed by atoms with Crippen LogP contribution in [-0.4, -0.2) is 32.9 Å². The van der Waals surface area contributed by atoms with Gasteiger partial charge in [-0.3, -0.25) is 0 Å². The Kier molecular flexibility index (Phi) is 6.21. The fraction of sp³-hybridized carbons (Fsp3) is 0.467. The summed E-state index contributed by atoms with van der Waals surface area (Å²) in [5.41, 5.74) is 6.06. The Morgan fingerprint density at radius 3 is 2.35 bits per heavy atom. The van der Waals surface area contributed by atoms with E-state index in [4.69, 9.17) is 5.73 Å². The van der Waals surface area contributed by atoms with Gasteiger partial charge in [0.2, 0.25) is 10.0 Å². The first-order valence-corrected chi connectivity index (χ1v) is 8.07. The Hall–Kier alpha value is -1.35. The van der Waals surface area contributed by atoms with Crippen molar-refractivity contribution in [3.05, 3.63) is 29.8 Å². The Morgan fingerprint density at radius 1 is 1.25 bits per heavy atom. The number of sulfonamides is 1. The highest BCUT2D eigenvalue weighted by Gasteiger charge is 2.20. The molecule has 0 aliphatic rings. The summed E-state index contributed by atoms with van der Waals surface area (Å²) >= 11 is 0. The van der Waals surface area contributed by atoms with Crippen LogP contribution in [0.25, 0.3) is 0 Å². The fourth-order valence-electron chi connectivity index (χ4n) is 1.60. The van der Waals surface area contributed by atoms with Crippen LogP contribution in [0.3, 0.4) is 0 Å². The monoisotopic (exact) mass is 294 g/mol. The van der Waals surface area contributed by atoms with E-state index in [0.717, 1.165) is 12.0 Å². The van der Waals surface area contributed by atoms with Crippen molar-refractivity contribution in [3.63, 3.8) is 0 Å². The number of nitrogens with zero attached hydrogens (tertiary/aromatic N) is 1. The molecule has 20 heavy (non-hydrogen) atoms.